The molecule has 2 heterocycles. The monoisotopic (exact) mass is 263 g/mol. The van der Waals surface area contributed by atoms with Crippen LogP contribution in [-0.2, 0) is 4.79 Å². The molecule has 0 saturated carbocycles. The van der Waals surface area contributed by atoms with E-state index in [-0.39, 0.29) is 11.6 Å². The van der Waals surface area contributed by atoms with Crippen molar-refractivity contribution < 1.29 is 14.0 Å². The second kappa shape index (κ2) is 4.31. The fourth-order valence-corrected chi connectivity index (χ4v) is 2.83. The van der Waals surface area contributed by atoms with E-state index in [0.29, 0.717) is 25.9 Å². The molecule has 1 aromatic rings. The van der Waals surface area contributed by atoms with Crippen molar-refractivity contribution >= 4 is 17.6 Å². The summed E-state index contributed by atoms with van der Waals surface area (Å²) in [5, 5.41) is 5.45. The lowest BCUT2D eigenvalue weighted by molar-refractivity contribution is -0.124. The maximum absolute atomic E-state index is 13.9. The van der Waals surface area contributed by atoms with Crippen molar-refractivity contribution in [1.82, 2.24) is 10.6 Å². The molecule has 2 saturated heterocycles. The summed E-state index contributed by atoms with van der Waals surface area (Å²) in [4.78, 5) is 25.4. The Balaban J connectivity index is 2.09. The maximum atomic E-state index is 13.9. The summed E-state index contributed by atoms with van der Waals surface area (Å²) in [6.45, 7) is 1.26. The van der Waals surface area contributed by atoms with E-state index >= 15 is 0 Å². The van der Waals surface area contributed by atoms with Crippen LogP contribution >= 0.6 is 0 Å². The number of imide groups is 1. The van der Waals surface area contributed by atoms with Gasteiger partial charge >= 0.3 is 6.03 Å². The van der Waals surface area contributed by atoms with Crippen LogP contribution in [0.1, 0.15) is 12.8 Å². The van der Waals surface area contributed by atoms with Crippen LogP contribution in [0.5, 0.6) is 0 Å². The largest absolute Gasteiger partial charge is 0.329 e. The Morgan fingerprint density at radius 2 is 1.84 bits per heavy atom. The summed E-state index contributed by atoms with van der Waals surface area (Å²) < 4.78 is 13.9. The molecule has 0 aromatic heterocycles. The van der Waals surface area contributed by atoms with Crippen molar-refractivity contribution in [3.05, 3.63) is 30.1 Å². The zero-order chi connectivity index (χ0) is 13.5. The molecule has 0 radical (unpaired) electrons. The van der Waals surface area contributed by atoms with Gasteiger partial charge in [0.05, 0.1) is 5.69 Å². The second-order valence-electron chi connectivity index (χ2n) is 4.83. The Morgan fingerprint density at radius 1 is 1.16 bits per heavy atom. The molecule has 2 aliphatic heterocycles. The van der Waals surface area contributed by atoms with Crippen LogP contribution in [0.15, 0.2) is 24.3 Å². The van der Waals surface area contributed by atoms with Crippen molar-refractivity contribution in [2.45, 2.75) is 18.4 Å². The first-order valence-electron chi connectivity index (χ1n) is 6.26. The molecule has 5 nitrogen and oxygen atoms in total. The first-order valence-corrected chi connectivity index (χ1v) is 6.26. The number of nitrogens with zero attached hydrogens (tertiary/aromatic N) is 1. The highest BCUT2D eigenvalue weighted by Crippen LogP contribution is 2.36. The van der Waals surface area contributed by atoms with Crippen LogP contribution in [0.4, 0.5) is 14.9 Å². The standard InChI is InChI=1S/C13H14FN3O2/c14-9-3-1-2-4-10(9)17-12(19)16-11(18)13(17)5-7-15-8-6-13/h1-4,15H,5-8H2,(H,16,18,19). The molecule has 2 N–H and O–H groups in total. The van der Waals surface area contributed by atoms with Crippen molar-refractivity contribution in [3.63, 3.8) is 0 Å². The Labute approximate surface area is 109 Å². The number of amides is 3. The van der Waals surface area contributed by atoms with Crippen LogP contribution in [0.2, 0.25) is 0 Å². The van der Waals surface area contributed by atoms with Gasteiger partial charge in [0.25, 0.3) is 5.91 Å². The molecule has 2 fully saturated rings. The van der Waals surface area contributed by atoms with E-state index in [1.165, 1.54) is 17.0 Å². The number of hydrogen-bond acceptors (Lipinski definition) is 3. The molecule has 2 aliphatic rings. The third-order valence-corrected chi connectivity index (χ3v) is 3.80. The SMILES string of the molecule is O=C1NC(=O)C2(CCNCC2)N1c1ccccc1F. The van der Waals surface area contributed by atoms with Crippen LogP contribution < -0.4 is 15.5 Å². The molecule has 1 aromatic carbocycles. The molecule has 0 unspecified atom stereocenters. The highest BCUT2D eigenvalue weighted by molar-refractivity contribution is 6.17. The average Bonchev–Trinajstić information content (AvgIpc) is 2.63. The fourth-order valence-electron chi connectivity index (χ4n) is 2.83. The topological polar surface area (TPSA) is 61.4 Å². The number of benzene rings is 1. The smallest absolute Gasteiger partial charge is 0.317 e. The number of hydrogen-bond donors (Lipinski definition) is 2. The van der Waals surface area contributed by atoms with Crippen LogP contribution in [0.3, 0.4) is 0 Å². The molecule has 0 atom stereocenters. The Hall–Kier alpha value is -1.95. The number of para-hydroxylation sites is 1. The second-order valence-corrected chi connectivity index (χ2v) is 4.83. The van der Waals surface area contributed by atoms with Crippen molar-refractivity contribution in [2.24, 2.45) is 0 Å². The molecular weight excluding hydrogens is 249 g/mol. The first-order chi connectivity index (χ1) is 9.15. The molecular formula is C13H14FN3O2. The third-order valence-electron chi connectivity index (χ3n) is 3.80. The van der Waals surface area contributed by atoms with E-state index in [0.717, 1.165) is 0 Å². The summed E-state index contributed by atoms with van der Waals surface area (Å²) in [6.07, 6.45) is 0.970. The van der Waals surface area contributed by atoms with E-state index in [9.17, 15) is 14.0 Å². The Bertz CT molecular complexity index is 540. The summed E-state index contributed by atoms with van der Waals surface area (Å²) in [6, 6.07) is 5.49. The lowest BCUT2D eigenvalue weighted by Crippen LogP contribution is -2.56. The average molecular weight is 263 g/mol. The van der Waals surface area contributed by atoms with E-state index in [1.54, 1.807) is 12.1 Å². The molecule has 6 heteroatoms. The molecule has 1 spiro atoms. The fraction of sp³-hybridized carbons (Fsp3) is 0.385. The van der Waals surface area contributed by atoms with Gasteiger partial charge in [-0.3, -0.25) is 15.0 Å². The van der Waals surface area contributed by atoms with E-state index in [4.69, 9.17) is 0 Å². The summed E-state index contributed by atoms with van der Waals surface area (Å²) in [5.41, 5.74) is -0.794. The van der Waals surface area contributed by atoms with Crippen LogP contribution in [0, 0.1) is 5.82 Å². The third kappa shape index (κ3) is 1.71. The predicted octanol–water partition coefficient (Wildman–Crippen LogP) is 1.00. The van der Waals surface area contributed by atoms with Gasteiger partial charge in [0.15, 0.2) is 0 Å². The normalized spacial score (nSPS) is 21.8. The quantitative estimate of drug-likeness (QED) is 0.743. The van der Waals surface area contributed by atoms with Crippen molar-refractivity contribution in [1.29, 1.82) is 0 Å². The zero-order valence-electron chi connectivity index (χ0n) is 10.3. The number of halogens is 1. The molecule has 3 amide bonds. The van der Waals surface area contributed by atoms with Gasteiger partial charge in [0, 0.05) is 0 Å². The van der Waals surface area contributed by atoms with E-state index in [2.05, 4.69) is 10.6 Å². The molecule has 3 rings (SSSR count). The number of carbonyl (C=O) groups is 2. The number of anilines is 1. The number of nitrogens with one attached hydrogen (secondary N) is 2. The van der Waals surface area contributed by atoms with Gasteiger partial charge in [0.2, 0.25) is 0 Å². The first kappa shape index (κ1) is 12.1. The van der Waals surface area contributed by atoms with Gasteiger partial charge < -0.3 is 5.32 Å². The minimum atomic E-state index is -0.954. The number of piperidine rings is 1. The number of rotatable bonds is 1. The highest BCUT2D eigenvalue weighted by atomic mass is 19.1. The number of carbonyl (C=O) groups excluding carboxylic acids is 2. The Morgan fingerprint density at radius 3 is 2.53 bits per heavy atom. The van der Waals surface area contributed by atoms with E-state index < -0.39 is 17.4 Å². The summed E-state index contributed by atoms with van der Waals surface area (Å²) in [7, 11) is 0. The van der Waals surface area contributed by atoms with Gasteiger partial charge in [-0.15, -0.1) is 0 Å². The van der Waals surface area contributed by atoms with Gasteiger partial charge in [-0.1, -0.05) is 12.1 Å². The summed E-state index contributed by atoms with van der Waals surface area (Å²) >= 11 is 0. The molecule has 19 heavy (non-hydrogen) atoms. The lowest BCUT2D eigenvalue weighted by Gasteiger charge is -2.38. The maximum Gasteiger partial charge on any atom is 0.329 e. The lowest BCUT2D eigenvalue weighted by atomic mass is 9.86. The van der Waals surface area contributed by atoms with Crippen LogP contribution in [-0.4, -0.2) is 30.6 Å². The number of urea groups is 1. The van der Waals surface area contributed by atoms with Gasteiger partial charge in [0.1, 0.15) is 11.4 Å². The molecule has 0 aliphatic carbocycles. The summed E-state index contributed by atoms with van der Waals surface area (Å²) in [5.74, 6) is -0.826. The zero-order valence-corrected chi connectivity index (χ0v) is 10.3. The van der Waals surface area contributed by atoms with Crippen LogP contribution in [0.25, 0.3) is 0 Å². The van der Waals surface area contributed by atoms with Gasteiger partial charge in [-0.2, -0.15) is 0 Å². The predicted molar refractivity (Wildman–Crippen MR) is 67.3 cm³/mol. The minimum Gasteiger partial charge on any atom is -0.317 e. The minimum absolute atomic E-state index is 0.160. The molecule has 0 bridgehead atoms. The highest BCUT2D eigenvalue weighted by Gasteiger charge is 2.54. The van der Waals surface area contributed by atoms with Crippen molar-refractivity contribution in [3.8, 4) is 0 Å². The van der Waals surface area contributed by atoms with E-state index in [1.807, 2.05) is 0 Å². The molecule has 100 valence electrons. The van der Waals surface area contributed by atoms with Crippen molar-refractivity contribution in [2.75, 3.05) is 18.0 Å². The van der Waals surface area contributed by atoms with Gasteiger partial charge in [-0.25, -0.2) is 9.18 Å². The Kier molecular flexibility index (Phi) is 2.74. The van der Waals surface area contributed by atoms with Gasteiger partial charge in [-0.05, 0) is 38.1 Å².